The second-order valence-corrected chi connectivity index (χ2v) is 5.29. The summed E-state index contributed by atoms with van der Waals surface area (Å²) in [6.07, 6.45) is 3.52. The smallest absolute Gasteiger partial charge is 0.329 e. The predicted octanol–water partition coefficient (Wildman–Crippen LogP) is 1.45. The lowest BCUT2D eigenvalue weighted by molar-refractivity contribution is -0.143. The first-order valence-corrected chi connectivity index (χ1v) is 6.77. The van der Waals surface area contributed by atoms with Crippen molar-refractivity contribution in [3.8, 4) is 0 Å². The number of aliphatic carboxylic acids is 1. The topological polar surface area (TPSA) is 78.9 Å². The molecule has 1 aliphatic rings. The number of amides is 2. The highest BCUT2D eigenvalue weighted by Crippen LogP contribution is 2.14. The minimum atomic E-state index is -1.22. The van der Waals surface area contributed by atoms with Crippen LogP contribution >= 0.6 is 0 Å². The third kappa shape index (κ3) is 4.38. The fourth-order valence-corrected chi connectivity index (χ4v) is 1.96. The summed E-state index contributed by atoms with van der Waals surface area (Å²) in [6, 6.07) is -0.374. The maximum atomic E-state index is 12.0. The first-order chi connectivity index (χ1) is 8.89. The van der Waals surface area contributed by atoms with Gasteiger partial charge in [0.1, 0.15) is 5.54 Å². The van der Waals surface area contributed by atoms with Crippen molar-refractivity contribution < 1.29 is 19.4 Å². The van der Waals surface area contributed by atoms with Gasteiger partial charge in [-0.3, -0.25) is 0 Å². The zero-order valence-corrected chi connectivity index (χ0v) is 11.9. The van der Waals surface area contributed by atoms with Crippen LogP contribution in [0.1, 0.15) is 39.5 Å². The number of hydrogen-bond donors (Lipinski definition) is 2. The molecule has 1 fully saturated rings. The van der Waals surface area contributed by atoms with E-state index in [1.54, 1.807) is 14.0 Å². The highest BCUT2D eigenvalue weighted by Gasteiger charge is 2.34. The molecular formula is C13H24N2O4. The Morgan fingerprint density at radius 2 is 2.16 bits per heavy atom. The Kier molecular flexibility index (Phi) is 5.60. The molecule has 1 saturated heterocycles. The molecule has 0 saturated carbocycles. The summed E-state index contributed by atoms with van der Waals surface area (Å²) >= 11 is 0. The van der Waals surface area contributed by atoms with E-state index in [9.17, 15) is 9.59 Å². The second-order valence-electron chi connectivity index (χ2n) is 5.29. The number of carboxylic acids is 1. The summed E-state index contributed by atoms with van der Waals surface area (Å²) in [5, 5.41) is 11.7. The molecule has 0 radical (unpaired) electrons. The van der Waals surface area contributed by atoms with Crippen LogP contribution in [0.4, 0.5) is 4.79 Å². The van der Waals surface area contributed by atoms with Gasteiger partial charge >= 0.3 is 12.0 Å². The number of hydrogen-bond acceptors (Lipinski definition) is 3. The average molecular weight is 272 g/mol. The predicted molar refractivity (Wildman–Crippen MR) is 71.1 cm³/mol. The van der Waals surface area contributed by atoms with E-state index in [0.717, 1.165) is 25.9 Å². The average Bonchev–Trinajstić information content (AvgIpc) is 2.39. The highest BCUT2D eigenvalue weighted by molar-refractivity contribution is 5.85. The Hall–Kier alpha value is -1.30. The van der Waals surface area contributed by atoms with Crippen LogP contribution in [0.2, 0.25) is 0 Å². The fourth-order valence-electron chi connectivity index (χ4n) is 1.96. The van der Waals surface area contributed by atoms with Gasteiger partial charge < -0.3 is 20.1 Å². The number of ether oxygens (including phenoxy) is 1. The molecule has 2 N–H and O–H groups in total. The molecule has 0 spiro atoms. The van der Waals surface area contributed by atoms with Crippen LogP contribution in [0.25, 0.3) is 0 Å². The van der Waals surface area contributed by atoms with Gasteiger partial charge in [-0.05, 0) is 32.6 Å². The van der Waals surface area contributed by atoms with Gasteiger partial charge in [-0.25, -0.2) is 9.59 Å². The highest BCUT2D eigenvalue weighted by atomic mass is 16.5. The standard InChI is InChI=1S/C13H24N2O4/c1-4-13(2,11(16)17)14-12(18)15(3)9-10-7-5-6-8-19-10/h10H,4-9H2,1-3H3,(H,14,18)(H,16,17). The summed E-state index contributed by atoms with van der Waals surface area (Å²) < 4.78 is 5.56. The number of nitrogens with one attached hydrogen (secondary N) is 1. The molecule has 6 heteroatoms. The van der Waals surface area contributed by atoms with Gasteiger partial charge in [-0.15, -0.1) is 0 Å². The van der Waals surface area contributed by atoms with Crippen molar-refractivity contribution in [2.24, 2.45) is 0 Å². The minimum absolute atomic E-state index is 0.0576. The molecule has 0 aliphatic carbocycles. The number of carbonyl (C=O) groups excluding carboxylic acids is 1. The van der Waals surface area contributed by atoms with Crippen LogP contribution in [0.15, 0.2) is 0 Å². The van der Waals surface area contributed by atoms with Gasteiger partial charge in [0.25, 0.3) is 0 Å². The first-order valence-electron chi connectivity index (χ1n) is 6.77. The van der Waals surface area contributed by atoms with Crippen molar-refractivity contribution in [2.45, 2.75) is 51.2 Å². The number of likely N-dealkylation sites (N-methyl/N-ethyl adjacent to an activating group) is 1. The van der Waals surface area contributed by atoms with E-state index in [-0.39, 0.29) is 12.1 Å². The summed E-state index contributed by atoms with van der Waals surface area (Å²) in [7, 11) is 1.66. The summed E-state index contributed by atoms with van der Waals surface area (Å²) in [4.78, 5) is 24.6. The van der Waals surface area contributed by atoms with Gasteiger partial charge in [0.2, 0.25) is 0 Å². The lowest BCUT2D eigenvalue weighted by Gasteiger charge is -2.31. The maximum Gasteiger partial charge on any atom is 0.329 e. The Labute approximate surface area is 114 Å². The molecule has 0 aromatic rings. The molecule has 0 bridgehead atoms. The van der Waals surface area contributed by atoms with Gasteiger partial charge in [0.15, 0.2) is 0 Å². The molecule has 110 valence electrons. The molecule has 2 atom stereocenters. The maximum absolute atomic E-state index is 12.0. The summed E-state index contributed by atoms with van der Waals surface area (Å²) in [6.45, 7) is 4.48. The molecule has 1 rings (SSSR count). The lowest BCUT2D eigenvalue weighted by atomic mass is 10.00. The summed E-state index contributed by atoms with van der Waals surface area (Å²) in [5.74, 6) is -1.02. The van der Waals surface area contributed by atoms with E-state index in [4.69, 9.17) is 9.84 Å². The van der Waals surface area contributed by atoms with E-state index in [0.29, 0.717) is 13.0 Å². The molecule has 0 aromatic heterocycles. The number of rotatable bonds is 5. The first kappa shape index (κ1) is 15.8. The third-order valence-electron chi connectivity index (χ3n) is 3.66. The largest absolute Gasteiger partial charge is 0.480 e. The van der Waals surface area contributed by atoms with Crippen LogP contribution in [-0.2, 0) is 9.53 Å². The van der Waals surface area contributed by atoms with Crippen molar-refractivity contribution in [2.75, 3.05) is 20.2 Å². The van der Waals surface area contributed by atoms with Crippen molar-refractivity contribution in [3.63, 3.8) is 0 Å². The lowest BCUT2D eigenvalue weighted by Crippen LogP contribution is -2.56. The zero-order valence-electron chi connectivity index (χ0n) is 11.9. The molecule has 0 aromatic carbocycles. The van der Waals surface area contributed by atoms with Crippen molar-refractivity contribution in [1.82, 2.24) is 10.2 Å². The molecule has 1 heterocycles. The van der Waals surface area contributed by atoms with E-state index in [2.05, 4.69) is 5.32 Å². The van der Waals surface area contributed by atoms with Gasteiger partial charge in [0.05, 0.1) is 6.10 Å². The van der Waals surface area contributed by atoms with Crippen molar-refractivity contribution in [3.05, 3.63) is 0 Å². The number of carbonyl (C=O) groups is 2. The SMILES string of the molecule is CCC(C)(NC(=O)N(C)CC1CCCCO1)C(=O)O. The summed E-state index contributed by atoms with van der Waals surface area (Å²) in [5.41, 5.74) is -1.22. The Balaban J connectivity index is 2.49. The monoisotopic (exact) mass is 272 g/mol. The van der Waals surface area contributed by atoms with Crippen LogP contribution in [0.5, 0.6) is 0 Å². The van der Waals surface area contributed by atoms with Gasteiger partial charge in [-0.1, -0.05) is 6.92 Å². The van der Waals surface area contributed by atoms with E-state index in [1.165, 1.54) is 11.8 Å². The molecular weight excluding hydrogens is 248 g/mol. The van der Waals surface area contributed by atoms with E-state index in [1.807, 2.05) is 0 Å². The number of urea groups is 1. The Morgan fingerprint density at radius 1 is 1.47 bits per heavy atom. The van der Waals surface area contributed by atoms with Crippen molar-refractivity contribution in [1.29, 1.82) is 0 Å². The minimum Gasteiger partial charge on any atom is -0.480 e. The Bertz CT molecular complexity index is 329. The third-order valence-corrected chi connectivity index (χ3v) is 3.66. The van der Waals surface area contributed by atoms with Gasteiger partial charge in [0, 0.05) is 20.2 Å². The fraction of sp³-hybridized carbons (Fsp3) is 0.846. The van der Waals surface area contributed by atoms with Crippen LogP contribution in [0.3, 0.4) is 0 Å². The molecule has 2 unspecified atom stereocenters. The van der Waals surface area contributed by atoms with E-state index < -0.39 is 11.5 Å². The van der Waals surface area contributed by atoms with Crippen molar-refractivity contribution >= 4 is 12.0 Å². The molecule has 1 aliphatic heterocycles. The molecule has 19 heavy (non-hydrogen) atoms. The quantitative estimate of drug-likeness (QED) is 0.794. The van der Waals surface area contributed by atoms with Crippen LogP contribution < -0.4 is 5.32 Å². The zero-order chi connectivity index (χ0) is 14.5. The number of nitrogens with zero attached hydrogens (tertiary/aromatic N) is 1. The van der Waals surface area contributed by atoms with E-state index >= 15 is 0 Å². The molecule has 2 amide bonds. The van der Waals surface area contributed by atoms with Crippen LogP contribution in [-0.4, -0.2) is 53.8 Å². The second kappa shape index (κ2) is 6.75. The van der Waals surface area contributed by atoms with Crippen LogP contribution in [0, 0.1) is 0 Å². The molecule has 6 nitrogen and oxygen atoms in total. The normalized spacial score (nSPS) is 22.4. The number of carboxylic acid groups (broad SMARTS) is 1. The van der Waals surface area contributed by atoms with Gasteiger partial charge in [-0.2, -0.15) is 0 Å². The Morgan fingerprint density at radius 3 is 2.63 bits per heavy atom.